The maximum atomic E-state index is 6.57. The predicted molar refractivity (Wildman–Crippen MR) is 173 cm³/mol. The van der Waals surface area contributed by atoms with Crippen LogP contribution in [-0.2, 0) is 0 Å². The first-order valence-corrected chi connectivity index (χ1v) is 14.5. The van der Waals surface area contributed by atoms with E-state index in [9.17, 15) is 0 Å². The molecule has 0 saturated heterocycles. The number of hydrogen-bond donors (Lipinski definition) is 0. The molecule has 4 rings (SSSR count). The van der Waals surface area contributed by atoms with Crippen LogP contribution in [0.3, 0.4) is 0 Å². The molecule has 2 aliphatic rings. The molecular weight excluding hydrogens is 508 g/mol. The Hall–Kier alpha value is -4.25. The van der Waals surface area contributed by atoms with Crippen LogP contribution in [0, 0.1) is 6.92 Å². The number of unbranched alkanes of at least 4 members (excludes halogenated alkanes) is 1. The van der Waals surface area contributed by atoms with Crippen LogP contribution >= 0.6 is 0 Å². The lowest BCUT2D eigenvalue weighted by Crippen LogP contribution is -2.30. The van der Waals surface area contributed by atoms with E-state index >= 15 is 0 Å². The molecule has 214 valence electrons. The third kappa shape index (κ3) is 6.40. The average molecular weight is 552 g/mol. The fourth-order valence-corrected chi connectivity index (χ4v) is 5.37. The summed E-state index contributed by atoms with van der Waals surface area (Å²) in [6.07, 6.45) is 7.85. The lowest BCUT2D eigenvalue weighted by molar-refractivity contribution is 0.363. The molecule has 0 aromatic heterocycles. The van der Waals surface area contributed by atoms with Crippen LogP contribution in [0.5, 0.6) is 11.5 Å². The third-order valence-corrected chi connectivity index (χ3v) is 7.40. The summed E-state index contributed by atoms with van der Waals surface area (Å²) in [6.45, 7) is 22.1. The van der Waals surface area contributed by atoms with Gasteiger partial charge < -0.3 is 18.8 Å². The van der Waals surface area contributed by atoms with Gasteiger partial charge in [-0.25, -0.2) is 4.58 Å². The van der Waals surface area contributed by atoms with Gasteiger partial charge >= 0.3 is 0 Å². The van der Waals surface area contributed by atoms with Gasteiger partial charge in [-0.3, -0.25) is 0 Å². The fraction of sp³-hybridized carbons (Fsp3) is 0.306. The zero-order valence-electron chi connectivity index (χ0n) is 25.0. The Morgan fingerprint density at radius 3 is 2.37 bits per heavy atom. The van der Waals surface area contributed by atoms with Crippen LogP contribution < -0.4 is 24.3 Å². The predicted octanol–water partition coefficient (Wildman–Crippen LogP) is 7.86. The molecule has 1 heterocycles. The molecular formula is C36H43N2O3+. The second-order valence-corrected chi connectivity index (χ2v) is 10.2. The summed E-state index contributed by atoms with van der Waals surface area (Å²) in [6, 6.07) is 16.8. The van der Waals surface area contributed by atoms with E-state index in [0.717, 1.165) is 76.2 Å². The van der Waals surface area contributed by atoms with E-state index < -0.39 is 0 Å². The zero-order chi connectivity index (χ0) is 29.4. The molecule has 1 aliphatic carbocycles. The van der Waals surface area contributed by atoms with Gasteiger partial charge in [0.15, 0.2) is 13.1 Å². The Morgan fingerprint density at radius 1 is 0.927 bits per heavy atom. The van der Waals surface area contributed by atoms with E-state index in [-0.39, 0.29) is 0 Å². The van der Waals surface area contributed by atoms with Crippen molar-refractivity contribution in [3.63, 3.8) is 0 Å². The lowest BCUT2D eigenvalue weighted by atomic mass is 9.91. The molecule has 0 radical (unpaired) electrons. The average Bonchev–Trinajstić information content (AvgIpc) is 2.99. The van der Waals surface area contributed by atoms with E-state index in [2.05, 4.69) is 86.4 Å². The Labute approximate surface area is 244 Å². The normalized spacial score (nSPS) is 10.9. The largest absolute Gasteiger partial charge is 0.496 e. The van der Waals surface area contributed by atoms with Crippen molar-refractivity contribution in [3.8, 4) is 33.9 Å². The van der Waals surface area contributed by atoms with Crippen LogP contribution in [0.15, 0.2) is 90.9 Å². The van der Waals surface area contributed by atoms with Crippen molar-refractivity contribution >= 4 is 16.7 Å². The molecule has 41 heavy (non-hydrogen) atoms. The first-order chi connectivity index (χ1) is 20.0. The molecule has 0 amide bonds. The van der Waals surface area contributed by atoms with E-state index in [4.69, 9.17) is 13.9 Å². The van der Waals surface area contributed by atoms with E-state index in [1.165, 1.54) is 11.3 Å². The highest BCUT2D eigenvalue weighted by Gasteiger charge is 2.23. The van der Waals surface area contributed by atoms with Gasteiger partial charge in [0.2, 0.25) is 5.36 Å². The van der Waals surface area contributed by atoms with E-state index in [1.54, 1.807) is 13.2 Å². The number of ether oxygens (including phenoxy) is 2. The molecule has 0 N–H and O–H groups in total. The van der Waals surface area contributed by atoms with Gasteiger partial charge in [-0.1, -0.05) is 39.2 Å². The van der Waals surface area contributed by atoms with Crippen LogP contribution in [-0.4, -0.2) is 39.9 Å². The Balaban J connectivity index is 2.04. The number of benzene rings is 3. The standard InChI is InChI=1S/C36H43N2O3/c1-8-13-20-37(12-5)32-25-33(39-7)31(22-26(32)6)36-29-16-14-27(38(18-9-2)19-10-3)23-34(29)41-35-24-28(40-21-11-4)15-17-30(35)36/h9-11,14-17,22-25H,2-4,8,12-13,18-21H2,1,5-7H3/q+1. The molecule has 2 aromatic rings. The minimum absolute atomic E-state index is 0.425. The van der Waals surface area contributed by atoms with Gasteiger partial charge in [-0.15, -0.1) is 0 Å². The molecule has 0 bridgehead atoms. The second kappa shape index (κ2) is 13.9. The molecule has 0 atom stereocenters. The molecule has 2 aromatic carbocycles. The highest BCUT2D eigenvalue weighted by molar-refractivity contribution is 6.03. The van der Waals surface area contributed by atoms with Gasteiger partial charge in [-0.05, 0) is 62.2 Å². The third-order valence-electron chi connectivity index (χ3n) is 7.40. The summed E-state index contributed by atoms with van der Waals surface area (Å²) < 4.78 is 20.7. The van der Waals surface area contributed by atoms with Crippen LogP contribution in [0.1, 0.15) is 32.3 Å². The van der Waals surface area contributed by atoms with Gasteiger partial charge in [-0.2, -0.15) is 0 Å². The zero-order valence-corrected chi connectivity index (χ0v) is 25.0. The van der Waals surface area contributed by atoms with Crippen molar-refractivity contribution in [1.29, 1.82) is 0 Å². The molecule has 5 nitrogen and oxygen atoms in total. The summed E-state index contributed by atoms with van der Waals surface area (Å²) >= 11 is 0. The summed E-state index contributed by atoms with van der Waals surface area (Å²) in [5.74, 6) is 2.35. The van der Waals surface area contributed by atoms with Crippen molar-refractivity contribution in [1.82, 2.24) is 4.58 Å². The Kier molecular flexibility index (Phi) is 10.1. The number of rotatable bonds is 14. The monoisotopic (exact) mass is 551 g/mol. The SMILES string of the molecule is C=CCOc1ccc2c(-c3cc(C)c(N(CC)CCCC)cc3OC)c3ccc(=[N+](CC=C)CC=C)cc-3oc2c1. The van der Waals surface area contributed by atoms with E-state index in [1.807, 2.05) is 24.3 Å². The van der Waals surface area contributed by atoms with Gasteiger partial charge in [0.05, 0.1) is 13.2 Å². The van der Waals surface area contributed by atoms with Crippen molar-refractivity contribution in [2.24, 2.45) is 0 Å². The van der Waals surface area contributed by atoms with Crippen LogP contribution in [0.4, 0.5) is 5.69 Å². The minimum Gasteiger partial charge on any atom is -0.496 e. The van der Waals surface area contributed by atoms with Crippen molar-refractivity contribution in [3.05, 3.63) is 97.4 Å². The first kappa shape index (κ1) is 29.7. The summed E-state index contributed by atoms with van der Waals surface area (Å²) in [5.41, 5.74) is 6.29. The van der Waals surface area contributed by atoms with Gasteiger partial charge in [0.1, 0.15) is 29.4 Å². The number of anilines is 1. The summed E-state index contributed by atoms with van der Waals surface area (Å²) in [7, 11) is 1.75. The van der Waals surface area contributed by atoms with Gasteiger partial charge in [0, 0.05) is 59.1 Å². The quantitative estimate of drug-likeness (QED) is 0.0908. The highest BCUT2D eigenvalue weighted by Crippen LogP contribution is 2.45. The first-order valence-electron chi connectivity index (χ1n) is 14.5. The Morgan fingerprint density at radius 2 is 1.71 bits per heavy atom. The number of methoxy groups -OCH3 is 1. The lowest BCUT2D eigenvalue weighted by Gasteiger charge is -2.27. The topological polar surface area (TPSA) is 37.9 Å². The number of fused-ring (bicyclic) bond motifs is 2. The number of hydrogen-bond acceptors (Lipinski definition) is 4. The molecule has 0 unspecified atom stereocenters. The maximum absolute atomic E-state index is 6.57. The van der Waals surface area contributed by atoms with Gasteiger partial charge in [0.25, 0.3) is 0 Å². The minimum atomic E-state index is 0.425. The summed E-state index contributed by atoms with van der Waals surface area (Å²) in [5, 5.41) is 2.03. The molecule has 5 heteroatoms. The molecule has 0 fully saturated rings. The smallest absolute Gasteiger partial charge is 0.204 e. The summed E-state index contributed by atoms with van der Waals surface area (Å²) in [4.78, 5) is 2.44. The van der Waals surface area contributed by atoms with Crippen molar-refractivity contribution in [2.45, 2.75) is 33.6 Å². The fourth-order valence-electron chi connectivity index (χ4n) is 5.37. The molecule has 0 spiro atoms. The van der Waals surface area contributed by atoms with Crippen LogP contribution in [0.2, 0.25) is 0 Å². The molecule has 0 saturated carbocycles. The van der Waals surface area contributed by atoms with Crippen molar-refractivity contribution in [2.75, 3.05) is 44.8 Å². The number of aryl methyl sites for hydroxylation is 1. The Bertz CT molecular complexity index is 1570. The van der Waals surface area contributed by atoms with Crippen molar-refractivity contribution < 1.29 is 13.9 Å². The maximum Gasteiger partial charge on any atom is 0.204 e. The van der Waals surface area contributed by atoms with Crippen LogP contribution in [0.25, 0.3) is 33.4 Å². The van der Waals surface area contributed by atoms with E-state index in [0.29, 0.717) is 19.7 Å². The number of nitrogens with zero attached hydrogens (tertiary/aromatic N) is 2. The second-order valence-electron chi connectivity index (χ2n) is 10.2. The molecule has 1 aliphatic heterocycles. The highest BCUT2D eigenvalue weighted by atomic mass is 16.5.